The number of aromatic amines is 1. The summed E-state index contributed by atoms with van der Waals surface area (Å²) in [5.41, 5.74) is 4.22. The summed E-state index contributed by atoms with van der Waals surface area (Å²) >= 11 is 0. The van der Waals surface area contributed by atoms with E-state index in [-0.39, 0.29) is 18.2 Å². The van der Waals surface area contributed by atoms with Crippen molar-refractivity contribution in [3.05, 3.63) is 64.8 Å². The number of hydrogen-bond donors (Lipinski definition) is 2. The molecule has 204 valence electrons. The van der Waals surface area contributed by atoms with E-state index in [9.17, 15) is 22.0 Å². The van der Waals surface area contributed by atoms with E-state index in [0.29, 0.717) is 39.0 Å². The molecule has 1 atom stereocenters. The standard InChI is InChI=1S/C27H32F2N4O4S/c1-17-13-24(37-2)22(21-9-10-30-26(17)21)14-33-12-11-32(16-25(28)29)15-23(33)18-3-5-19(6-4-18)27(34)31-38(35,36)20-7-8-20/h3-6,9-10,13,20,23,25,30H,7-8,11-12,14-16H2,1-2H3,(H,31,34)/t23-/m0/s1. The molecule has 38 heavy (non-hydrogen) atoms. The first kappa shape index (κ1) is 26.6. The molecule has 1 aliphatic carbocycles. The van der Waals surface area contributed by atoms with Crippen LogP contribution in [0.1, 0.15) is 45.9 Å². The van der Waals surface area contributed by atoms with Crippen LogP contribution in [0, 0.1) is 6.92 Å². The highest BCUT2D eigenvalue weighted by atomic mass is 32.2. The first-order chi connectivity index (χ1) is 18.2. The zero-order chi connectivity index (χ0) is 27.0. The zero-order valence-electron chi connectivity index (χ0n) is 21.4. The Morgan fingerprint density at radius 1 is 1.18 bits per heavy atom. The maximum atomic E-state index is 13.2. The predicted octanol–water partition coefficient (Wildman–Crippen LogP) is 3.83. The molecule has 5 rings (SSSR count). The molecule has 0 radical (unpaired) electrons. The molecular formula is C27H32F2N4O4S. The van der Waals surface area contributed by atoms with Crippen molar-refractivity contribution in [3.63, 3.8) is 0 Å². The summed E-state index contributed by atoms with van der Waals surface area (Å²) in [6.45, 7) is 3.74. The van der Waals surface area contributed by atoms with Gasteiger partial charge in [0.05, 0.1) is 18.9 Å². The highest BCUT2D eigenvalue weighted by molar-refractivity contribution is 7.91. The number of sulfonamides is 1. The number of halogens is 2. The number of aromatic nitrogens is 1. The van der Waals surface area contributed by atoms with Crippen molar-refractivity contribution in [3.8, 4) is 5.75 Å². The van der Waals surface area contributed by atoms with Crippen LogP contribution in [0.3, 0.4) is 0 Å². The summed E-state index contributed by atoms with van der Waals surface area (Å²) in [6.07, 6.45) is 0.592. The number of H-pyrrole nitrogens is 1. The highest BCUT2D eigenvalue weighted by Crippen LogP contribution is 2.35. The van der Waals surface area contributed by atoms with Gasteiger partial charge in [-0.25, -0.2) is 21.9 Å². The van der Waals surface area contributed by atoms with Crippen LogP contribution >= 0.6 is 0 Å². The lowest BCUT2D eigenvalue weighted by Crippen LogP contribution is -2.49. The van der Waals surface area contributed by atoms with Crippen molar-refractivity contribution in [2.45, 2.75) is 44.0 Å². The predicted molar refractivity (Wildman–Crippen MR) is 141 cm³/mol. The Labute approximate surface area is 221 Å². The van der Waals surface area contributed by atoms with Gasteiger partial charge in [0, 0.05) is 60.4 Å². The average molecular weight is 547 g/mol. The summed E-state index contributed by atoms with van der Waals surface area (Å²) in [4.78, 5) is 19.8. The van der Waals surface area contributed by atoms with E-state index in [1.165, 1.54) is 0 Å². The quantitative estimate of drug-likeness (QED) is 0.424. The number of amides is 1. The average Bonchev–Trinajstić information content (AvgIpc) is 3.64. The molecule has 3 aromatic rings. The number of piperazine rings is 1. The number of benzene rings is 2. The molecule has 2 heterocycles. The molecule has 2 fully saturated rings. The molecule has 1 saturated carbocycles. The third-order valence-electron chi connectivity index (χ3n) is 7.42. The van der Waals surface area contributed by atoms with Gasteiger partial charge in [-0.15, -0.1) is 0 Å². The van der Waals surface area contributed by atoms with E-state index >= 15 is 0 Å². The molecule has 8 nitrogen and oxygen atoms in total. The van der Waals surface area contributed by atoms with Crippen LogP contribution in [0.2, 0.25) is 0 Å². The lowest BCUT2D eigenvalue weighted by Gasteiger charge is -2.42. The Morgan fingerprint density at radius 2 is 1.92 bits per heavy atom. The minimum absolute atomic E-state index is 0.213. The van der Waals surface area contributed by atoms with E-state index in [0.717, 1.165) is 33.3 Å². The topological polar surface area (TPSA) is 94.7 Å². The summed E-state index contributed by atoms with van der Waals surface area (Å²) in [6, 6.07) is 10.5. The number of nitrogens with one attached hydrogen (secondary N) is 2. The van der Waals surface area contributed by atoms with Crippen molar-refractivity contribution in [1.82, 2.24) is 19.5 Å². The fourth-order valence-electron chi connectivity index (χ4n) is 5.23. The molecule has 2 aromatic carbocycles. The first-order valence-electron chi connectivity index (χ1n) is 12.7. The summed E-state index contributed by atoms with van der Waals surface area (Å²) < 4.78 is 58.7. The van der Waals surface area contributed by atoms with Gasteiger partial charge in [-0.2, -0.15) is 0 Å². The van der Waals surface area contributed by atoms with Crippen LogP contribution < -0.4 is 9.46 Å². The summed E-state index contributed by atoms with van der Waals surface area (Å²) in [5, 5.41) is 0.562. The Kier molecular flexibility index (Phi) is 7.43. The Morgan fingerprint density at radius 3 is 2.58 bits per heavy atom. The van der Waals surface area contributed by atoms with Gasteiger partial charge < -0.3 is 9.72 Å². The molecule has 1 amide bonds. The smallest absolute Gasteiger partial charge is 0.264 e. The number of fused-ring (bicyclic) bond motifs is 1. The number of aryl methyl sites for hydroxylation is 1. The van der Waals surface area contributed by atoms with Crippen molar-refractivity contribution >= 4 is 26.8 Å². The Bertz CT molecular complexity index is 1420. The molecule has 0 bridgehead atoms. The van der Waals surface area contributed by atoms with Gasteiger partial charge in [-0.3, -0.25) is 14.6 Å². The van der Waals surface area contributed by atoms with E-state index in [2.05, 4.69) is 14.6 Å². The number of alkyl halides is 2. The minimum Gasteiger partial charge on any atom is -0.496 e. The van der Waals surface area contributed by atoms with Gasteiger partial charge >= 0.3 is 0 Å². The largest absolute Gasteiger partial charge is 0.496 e. The van der Waals surface area contributed by atoms with Crippen molar-refractivity contribution < 1.29 is 26.7 Å². The molecule has 0 spiro atoms. The number of carbonyl (C=O) groups excluding carboxylic acids is 1. The number of hydrogen-bond acceptors (Lipinski definition) is 6. The normalized spacial score (nSPS) is 19.2. The molecular weight excluding hydrogens is 514 g/mol. The van der Waals surface area contributed by atoms with E-state index in [4.69, 9.17) is 4.74 Å². The number of methoxy groups -OCH3 is 1. The van der Waals surface area contributed by atoms with E-state index < -0.39 is 27.6 Å². The lowest BCUT2D eigenvalue weighted by atomic mass is 9.98. The van der Waals surface area contributed by atoms with Crippen LogP contribution in [0.4, 0.5) is 8.78 Å². The molecule has 11 heteroatoms. The monoisotopic (exact) mass is 546 g/mol. The van der Waals surface area contributed by atoms with Gasteiger partial charge in [0.25, 0.3) is 12.3 Å². The van der Waals surface area contributed by atoms with Crippen molar-refractivity contribution in [2.75, 3.05) is 33.3 Å². The van der Waals surface area contributed by atoms with E-state index in [1.807, 2.05) is 25.3 Å². The van der Waals surface area contributed by atoms with Crippen LogP contribution in [0.5, 0.6) is 5.75 Å². The number of ether oxygens (including phenoxy) is 1. The van der Waals surface area contributed by atoms with Crippen molar-refractivity contribution in [2.24, 2.45) is 0 Å². The molecule has 0 unspecified atom stereocenters. The van der Waals surface area contributed by atoms with Gasteiger partial charge in [0.15, 0.2) is 0 Å². The second kappa shape index (κ2) is 10.6. The van der Waals surface area contributed by atoms with Crippen LogP contribution in [-0.4, -0.2) is 74.1 Å². The summed E-state index contributed by atoms with van der Waals surface area (Å²) in [7, 11) is -2.01. The maximum Gasteiger partial charge on any atom is 0.264 e. The van der Waals surface area contributed by atoms with Gasteiger partial charge in [0.1, 0.15) is 5.75 Å². The minimum atomic E-state index is -3.65. The lowest BCUT2D eigenvalue weighted by molar-refractivity contribution is 0.0246. The Balaban J connectivity index is 1.42. The van der Waals surface area contributed by atoms with Gasteiger partial charge in [0.2, 0.25) is 10.0 Å². The van der Waals surface area contributed by atoms with Crippen LogP contribution in [-0.2, 0) is 16.6 Å². The van der Waals surface area contributed by atoms with Gasteiger partial charge in [-0.1, -0.05) is 12.1 Å². The van der Waals surface area contributed by atoms with Crippen molar-refractivity contribution in [1.29, 1.82) is 0 Å². The van der Waals surface area contributed by atoms with E-state index in [1.54, 1.807) is 36.3 Å². The third-order valence-corrected chi connectivity index (χ3v) is 9.24. The second-order valence-corrected chi connectivity index (χ2v) is 12.0. The molecule has 1 aromatic heterocycles. The SMILES string of the molecule is COc1cc(C)c2[nH]ccc2c1CN1CCN(CC(F)F)C[C@H]1c1ccc(C(=O)NS(=O)(=O)C2CC2)cc1. The summed E-state index contributed by atoms with van der Waals surface area (Å²) in [5.74, 6) is 0.106. The number of rotatable bonds is 9. The fraction of sp³-hybridized carbons (Fsp3) is 0.444. The van der Waals surface area contributed by atoms with Crippen LogP contribution in [0.25, 0.3) is 10.9 Å². The first-order valence-corrected chi connectivity index (χ1v) is 14.2. The maximum absolute atomic E-state index is 13.2. The fourth-order valence-corrected chi connectivity index (χ4v) is 6.53. The Hall–Kier alpha value is -3.02. The molecule has 2 aliphatic rings. The van der Waals surface area contributed by atoms with Crippen LogP contribution in [0.15, 0.2) is 42.6 Å². The highest BCUT2D eigenvalue weighted by Gasteiger charge is 2.37. The third kappa shape index (κ3) is 5.55. The second-order valence-electron chi connectivity index (χ2n) is 10.1. The molecule has 2 N–H and O–H groups in total. The van der Waals surface area contributed by atoms with Gasteiger partial charge in [-0.05, 0) is 55.2 Å². The number of nitrogens with zero attached hydrogens (tertiary/aromatic N) is 2. The zero-order valence-corrected chi connectivity index (χ0v) is 22.2. The molecule has 1 aliphatic heterocycles. The number of carbonyl (C=O) groups is 1. The molecule has 1 saturated heterocycles.